The minimum absolute atomic E-state index is 0.0844. The van der Waals surface area contributed by atoms with Gasteiger partial charge in [0.25, 0.3) is 0 Å². The lowest BCUT2D eigenvalue weighted by Crippen LogP contribution is -2.19. The number of aliphatic hydroxyl groups is 2. The highest BCUT2D eigenvalue weighted by Crippen LogP contribution is 2.26. The van der Waals surface area contributed by atoms with E-state index in [2.05, 4.69) is 0 Å². The molecule has 3 heteroatoms. The number of ether oxygens (including phenoxy) is 1. The van der Waals surface area contributed by atoms with Crippen LogP contribution in [-0.2, 0) is 0 Å². The molecular weight excluding hydrogens is 216 g/mol. The van der Waals surface area contributed by atoms with Crippen molar-refractivity contribution in [3.8, 4) is 5.75 Å². The van der Waals surface area contributed by atoms with Crippen LogP contribution in [-0.4, -0.2) is 23.4 Å². The van der Waals surface area contributed by atoms with Crippen LogP contribution >= 0.6 is 0 Å². The maximum Gasteiger partial charge on any atom is 0.119 e. The first kappa shape index (κ1) is 14.0. The molecule has 0 bridgehead atoms. The van der Waals surface area contributed by atoms with Crippen molar-refractivity contribution in [2.24, 2.45) is 5.92 Å². The van der Waals surface area contributed by atoms with E-state index in [9.17, 15) is 10.2 Å². The molecule has 0 aliphatic carbocycles. The standard InChI is InChI=1S/C14H22O3/c1-4-13(15)10(2)8-14(16)11-6-5-7-12(9-11)17-3/h5-7,9-10,13-16H,4,8H2,1-3H3. The highest BCUT2D eigenvalue weighted by atomic mass is 16.5. The van der Waals surface area contributed by atoms with E-state index in [-0.39, 0.29) is 12.0 Å². The highest BCUT2D eigenvalue weighted by molar-refractivity contribution is 5.29. The molecule has 0 radical (unpaired) electrons. The Labute approximate surface area is 103 Å². The number of benzene rings is 1. The van der Waals surface area contributed by atoms with Crippen molar-refractivity contribution < 1.29 is 14.9 Å². The van der Waals surface area contributed by atoms with Crippen LogP contribution < -0.4 is 4.74 Å². The van der Waals surface area contributed by atoms with Gasteiger partial charge in [0.1, 0.15) is 5.75 Å². The van der Waals surface area contributed by atoms with Gasteiger partial charge in [-0.15, -0.1) is 0 Å². The summed E-state index contributed by atoms with van der Waals surface area (Å²) >= 11 is 0. The lowest BCUT2D eigenvalue weighted by molar-refractivity contribution is 0.0668. The molecule has 3 atom stereocenters. The molecule has 2 N–H and O–H groups in total. The number of methoxy groups -OCH3 is 1. The summed E-state index contributed by atoms with van der Waals surface area (Å²) in [4.78, 5) is 0. The zero-order valence-corrected chi connectivity index (χ0v) is 10.8. The van der Waals surface area contributed by atoms with Crippen molar-refractivity contribution in [1.82, 2.24) is 0 Å². The maximum atomic E-state index is 10.1. The van der Waals surface area contributed by atoms with Crippen LogP contribution in [0.25, 0.3) is 0 Å². The molecule has 0 spiro atoms. The van der Waals surface area contributed by atoms with Crippen molar-refractivity contribution >= 4 is 0 Å². The summed E-state index contributed by atoms with van der Waals surface area (Å²) in [5, 5.41) is 19.8. The molecular formula is C14H22O3. The summed E-state index contributed by atoms with van der Waals surface area (Å²) in [6.45, 7) is 3.90. The third kappa shape index (κ3) is 4.02. The molecule has 0 saturated carbocycles. The molecule has 1 rings (SSSR count). The molecule has 0 fully saturated rings. The summed E-state index contributed by atoms with van der Waals surface area (Å²) in [5.41, 5.74) is 0.833. The van der Waals surface area contributed by atoms with Gasteiger partial charge < -0.3 is 14.9 Å². The van der Waals surface area contributed by atoms with Crippen molar-refractivity contribution in [3.63, 3.8) is 0 Å². The smallest absolute Gasteiger partial charge is 0.119 e. The zero-order valence-electron chi connectivity index (χ0n) is 10.8. The normalized spacial score (nSPS) is 16.3. The Morgan fingerprint density at radius 2 is 2.00 bits per heavy atom. The van der Waals surface area contributed by atoms with Crippen LogP contribution in [0.2, 0.25) is 0 Å². The molecule has 0 aliphatic heterocycles. The van der Waals surface area contributed by atoms with E-state index in [1.54, 1.807) is 7.11 Å². The molecule has 0 aromatic heterocycles. The van der Waals surface area contributed by atoms with E-state index in [1.807, 2.05) is 38.1 Å². The van der Waals surface area contributed by atoms with Crippen LogP contribution in [0, 0.1) is 5.92 Å². The molecule has 0 saturated heterocycles. The summed E-state index contributed by atoms with van der Waals surface area (Å²) in [6, 6.07) is 7.41. The molecule has 0 amide bonds. The van der Waals surface area contributed by atoms with E-state index in [0.29, 0.717) is 12.8 Å². The van der Waals surface area contributed by atoms with Crippen molar-refractivity contribution in [3.05, 3.63) is 29.8 Å². The largest absolute Gasteiger partial charge is 0.497 e. The van der Waals surface area contributed by atoms with Crippen molar-refractivity contribution in [1.29, 1.82) is 0 Å². The Kier molecular flexibility index (Phi) is 5.45. The Hall–Kier alpha value is -1.06. The van der Waals surface area contributed by atoms with Crippen LogP contribution in [0.4, 0.5) is 0 Å². The average Bonchev–Trinajstić information content (AvgIpc) is 2.37. The minimum Gasteiger partial charge on any atom is -0.497 e. The molecule has 3 nitrogen and oxygen atoms in total. The van der Waals surface area contributed by atoms with E-state index < -0.39 is 6.10 Å². The molecule has 0 aliphatic rings. The predicted octanol–water partition coefficient (Wildman–Crippen LogP) is 2.53. The predicted molar refractivity (Wildman–Crippen MR) is 68.0 cm³/mol. The SMILES string of the molecule is CCC(O)C(C)CC(O)c1cccc(OC)c1. The van der Waals surface area contributed by atoms with Gasteiger partial charge in [0, 0.05) is 0 Å². The zero-order chi connectivity index (χ0) is 12.8. The number of hydrogen-bond acceptors (Lipinski definition) is 3. The monoisotopic (exact) mass is 238 g/mol. The second-order valence-electron chi connectivity index (χ2n) is 4.48. The van der Waals surface area contributed by atoms with Crippen LogP contribution in [0.3, 0.4) is 0 Å². The maximum absolute atomic E-state index is 10.1. The lowest BCUT2D eigenvalue weighted by Gasteiger charge is -2.21. The number of rotatable bonds is 6. The van der Waals surface area contributed by atoms with Gasteiger partial charge >= 0.3 is 0 Å². The highest BCUT2D eigenvalue weighted by Gasteiger charge is 2.18. The van der Waals surface area contributed by atoms with Crippen LogP contribution in [0.1, 0.15) is 38.4 Å². The van der Waals surface area contributed by atoms with Crippen molar-refractivity contribution in [2.45, 2.75) is 38.9 Å². The topological polar surface area (TPSA) is 49.7 Å². The second-order valence-corrected chi connectivity index (χ2v) is 4.48. The second kappa shape index (κ2) is 6.62. The summed E-state index contributed by atoms with van der Waals surface area (Å²) in [7, 11) is 1.61. The van der Waals surface area contributed by atoms with E-state index in [4.69, 9.17) is 4.74 Å². The Morgan fingerprint density at radius 3 is 2.59 bits per heavy atom. The third-order valence-electron chi connectivity index (χ3n) is 3.15. The first-order valence-electron chi connectivity index (χ1n) is 6.08. The van der Waals surface area contributed by atoms with Gasteiger partial charge in [-0.25, -0.2) is 0 Å². The van der Waals surface area contributed by atoms with Gasteiger partial charge in [0.2, 0.25) is 0 Å². The molecule has 17 heavy (non-hydrogen) atoms. The van der Waals surface area contributed by atoms with E-state index in [1.165, 1.54) is 0 Å². The van der Waals surface area contributed by atoms with E-state index in [0.717, 1.165) is 11.3 Å². The molecule has 96 valence electrons. The Bertz CT molecular complexity index is 338. The first-order chi connectivity index (χ1) is 8.08. The fourth-order valence-electron chi connectivity index (χ4n) is 1.90. The molecule has 1 aromatic rings. The molecule has 0 heterocycles. The van der Waals surface area contributed by atoms with Gasteiger partial charge in [-0.2, -0.15) is 0 Å². The number of hydrogen-bond donors (Lipinski definition) is 2. The quantitative estimate of drug-likeness (QED) is 0.800. The summed E-state index contributed by atoms with van der Waals surface area (Å²) in [6.07, 6.45) is 0.366. The van der Waals surface area contributed by atoms with Gasteiger partial charge in [0.05, 0.1) is 19.3 Å². The average molecular weight is 238 g/mol. The van der Waals surface area contributed by atoms with E-state index >= 15 is 0 Å². The van der Waals surface area contributed by atoms with Crippen molar-refractivity contribution in [2.75, 3.05) is 7.11 Å². The van der Waals surface area contributed by atoms with Crippen LogP contribution in [0.5, 0.6) is 5.75 Å². The number of aliphatic hydroxyl groups excluding tert-OH is 2. The van der Waals surface area contributed by atoms with Gasteiger partial charge in [-0.05, 0) is 36.5 Å². The Morgan fingerprint density at radius 1 is 1.29 bits per heavy atom. The molecule has 1 aromatic carbocycles. The fourth-order valence-corrected chi connectivity index (χ4v) is 1.90. The minimum atomic E-state index is -0.554. The lowest BCUT2D eigenvalue weighted by atomic mass is 9.93. The summed E-state index contributed by atoms with van der Waals surface area (Å²) in [5.74, 6) is 0.825. The first-order valence-corrected chi connectivity index (χ1v) is 6.08. The van der Waals surface area contributed by atoms with Crippen LogP contribution in [0.15, 0.2) is 24.3 Å². The summed E-state index contributed by atoms with van der Waals surface area (Å²) < 4.78 is 5.12. The third-order valence-corrected chi connectivity index (χ3v) is 3.15. The molecule has 3 unspecified atom stereocenters. The van der Waals surface area contributed by atoms with Gasteiger partial charge in [-0.3, -0.25) is 0 Å². The van der Waals surface area contributed by atoms with Gasteiger partial charge in [-0.1, -0.05) is 26.0 Å². The Balaban J connectivity index is 2.65. The van der Waals surface area contributed by atoms with Gasteiger partial charge in [0.15, 0.2) is 0 Å². The fraction of sp³-hybridized carbons (Fsp3) is 0.571.